The van der Waals surface area contributed by atoms with E-state index in [1.54, 1.807) is 0 Å². The van der Waals surface area contributed by atoms with E-state index >= 15 is 0 Å². The highest BCUT2D eigenvalue weighted by Gasteiger charge is 2.15. The molecule has 0 spiro atoms. The first-order valence-corrected chi connectivity index (χ1v) is 54.0. The second-order valence-corrected chi connectivity index (χ2v) is 36.0. The van der Waals surface area contributed by atoms with Crippen molar-refractivity contribution < 1.29 is 5.11 Å². The van der Waals surface area contributed by atoms with E-state index in [4.69, 9.17) is 51.0 Å². The molecular formula is C106H246N20O. The number of nitrogens with zero attached hydrogens (tertiary/aromatic N) is 8. The maximum absolute atomic E-state index is 8.37. The molecule has 21 heteroatoms. The van der Waals surface area contributed by atoms with E-state index in [9.17, 15) is 0 Å². The van der Waals surface area contributed by atoms with Gasteiger partial charge in [0.15, 0.2) is 0 Å². The van der Waals surface area contributed by atoms with Gasteiger partial charge < -0.3 is 107 Å². The Kier molecular flexibility index (Phi) is 160. The lowest BCUT2D eigenvalue weighted by Gasteiger charge is -2.34. The summed E-state index contributed by atoms with van der Waals surface area (Å²) < 4.78 is 0. The smallest absolute Gasteiger partial charge is 0.0431 e. The molecule has 127 heavy (non-hydrogen) atoms. The molecule has 1 aliphatic rings. The SMILES string of the molecule is CCCC(CCN)CCN.CCCCCCCCN.CCCCCCCCN(C)C.CCCCCCCCN(C)C.CCCCCCCNC.CCCCCCCO.CCCCCN(C)CCCCC.CCCCN(C)CCCN.CCCCN(C)CCCN.CCc1ccc(CN)cc1.CNCCN(CCNC)CCNC.NCCCN1CCN(CCCN)CC1. The van der Waals surface area contributed by atoms with Gasteiger partial charge in [0, 0.05) is 78.6 Å². The molecule has 1 fully saturated rings. The Balaban J connectivity index is -0.000000147. The van der Waals surface area contributed by atoms with Crippen LogP contribution in [-0.2, 0) is 13.0 Å². The maximum atomic E-state index is 8.37. The minimum atomic E-state index is 0.365. The second-order valence-electron chi connectivity index (χ2n) is 36.0. The van der Waals surface area contributed by atoms with Crippen LogP contribution in [0.15, 0.2) is 24.3 Å². The Morgan fingerprint density at radius 1 is 0.276 bits per heavy atom. The van der Waals surface area contributed by atoms with Crippen LogP contribution in [0.25, 0.3) is 0 Å². The number of benzene rings is 1. The van der Waals surface area contributed by atoms with E-state index in [0.717, 1.165) is 155 Å². The fourth-order valence-corrected chi connectivity index (χ4v) is 13.4. The molecule has 776 valence electrons. The molecule has 0 bridgehead atoms. The zero-order chi connectivity index (χ0) is 97.5. The molecular weight excluding hydrogens is 1570 g/mol. The predicted octanol–water partition coefficient (Wildman–Crippen LogP) is 18.7. The standard InChI is InChI=1S/C11H25N.C10H24N4.2C10H23N.C9H24N4.C9H13N.3C8H20N2.2C8H19N.C7H16O/c1-4-6-8-10-12(3)11-9-7-5-2;11-3-1-5-13-7-9-14(10-8-13)6-2-4-12;2*1-4-5-6-7-8-9-10-11(2)3;1-10-4-7-13(8-5-11-2)9-6-12-3;1-2-8-3-5-9(7-10)6-4-8;2*1-3-4-7-10(2)8-5-6-9;1-2-3-8(4-6-9)5-7-10;1-3-4-5-6-7-8-9-2;1-2-3-4-5-6-7-8-9;1-2-3-4-5-6-7-8/h4-11H2,1-3H3;1-12H2;2*4-10H2,1-3H3;10-12H,4-9H2,1-3H3;3-6H,2,7,10H2,1H3;2*3-9H2,1-2H3;8H,2-7,9-10H2,1H3;9H,3-8H2,1-2H3;2-9H2,1H3;8H,2-7H2,1H3. The minimum absolute atomic E-state index is 0.365. The largest absolute Gasteiger partial charge is 0.396 e. The van der Waals surface area contributed by atoms with E-state index < -0.39 is 0 Å². The Bertz CT molecular complexity index is 1700. The van der Waals surface area contributed by atoms with Crippen molar-refractivity contribution in [2.75, 3.05) is 267 Å². The molecule has 1 saturated heterocycles. The van der Waals surface area contributed by atoms with Gasteiger partial charge in [0.1, 0.15) is 0 Å². The number of nitrogens with one attached hydrogen (secondary N) is 4. The minimum Gasteiger partial charge on any atom is -0.396 e. The third-order valence-corrected chi connectivity index (χ3v) is 22.2. The molecule has 2 rings (SSSR count). The molecule has 0 atom stereocenters. The molecule has 0 aliphatic carbocycles. The summed E-state index contributed by atoms with van der Waals surface area (Å²) in [7, 11) is 23.1. The average molecular weight is 1820 g/mol. The average Bonchev–Trinajstić information content (AvgIpc) is 0.918. The normalized spacial score (nSPS) is 11.6. The highest BCUT2D eigenvalue weighted by Crippen LogP contribution is 2.14. The zero-order valence-electron chi connectivity index (χ0n) is 91.0. The Morgan fingerprint density at radius 3 is 0.819 bits per heavy atom. The van der Waals surface area contributed by atoms with Crippen LogP contribution in [0, 0.1) is 5.92 Å². The van der Waals surface area contributed by atoms with E-state index in [1.165, 1.54) is 347 Å². The topological polar surface area (TPSA) is 302 Å². The van der Waals surface area contributed by atoms with Gasteiger partial charge in [0.2, 0.25) is 0 Å². The van der Waals surface area contributed by atoms with Crippen molar-refractivity contribution in [3.63, 3.8) is 0 Å². The highest BCUT2D eigenvalue weighted by atomic mass is 16.3. The molecule has 1 heterocycles. The lowest BCUT2D eigenvalue weighted by atomic mass is 9.96. The molecule has 1 aromatic rings. The molecule has 0 unspecified atom stereocenters. The first-order chi connectivity index (χ1) is 61.6. The molecule has 1 aliphatic heterocycles. The quantitative estimate of drug-likeness (QED) is 0.0270. The number of rotatable bonds is 74. The van der Waals surface area contributed by atoms with Crippen LogP contribution >= 0.6 is 0 Å². The predicted molar refractivity (Wildman–Crippen MR) is 581 cm³/mol. The fourth-order valence-electron chi connectivity index (χ4n) is 13.4. The van der Waals surface area contributed by atoms with Crippen LogP contribution < -0.4 is 67.1 Å². The van der Waals surface area contributed by atoms with Crippen molar-refractivity contribution >= 4 is 0 Å². The number of likely N-dealkylation sites (N-methyl/N-ethyl adjacent to an activating group) is 3. The number of piperazine rings is 1. The summed E-state index contributed by atoms with van der Waals surface area (Å²) in [4.78, 5) is 19.1. The van der Waals surface area contributed by atoms with Gasteiger partial charge in [-0.05, 0) is 315 Å². The zero-order valence-corrected chi connectivity index (χ0v) is 91.0. The third kappa shape index (κ3) is 153. The van der Waals surface area contributed by atoms with E-state index in [1.807, 2.05) is 28.2 Å². The van der Waals surface area contributed by atoms with Gasteiger partial charge in [-0.3, -0.25) is 4.90 Å². The maximum Gasteiger partial charge on any atom is 0.0431 e. The lowest BCUT2D eigenvalue weighted by Crippen LogP contribution is -2.47. The second kappa shape index (κ2) is 140. The van der Waals surface area contributed by atoms with Crippen molar-refractivity contribution in [3.8, 4) is 0 Å². The van der Waals surface area contributed by atoms with Gasteiger partial charge in [-0.25, -0.2) is 0 Å². The Morgan fingerprint density at radius 2 is 0.543 bits per heavy atom. The Hall–Kier alpha value is -1.62. The summed E-state index contributed by atoms with van der Waals surface area (Å²) in [6.45, 7) is 56.0. The summed E-state index contributed by atoms with van der Waals surface area (Å²) in [6, 6.07) is 8.42. The molecule has 0 saturated carbocycles. The molecule has 1 aromatic carbocycles. The van der Waals surface area contributed by atoms with Crippen molar-refractivity contribution in [1.29, 1.82) is 0 Å². The highest BCUT2D eigenvalue weighted by molar-refractivity contribution is 5.22. The molecule has 0 aromatic heterocycles. The number of aryl methyl sites for hydroxylation is 1. The van der Waals surface area contributed by atoms with E-state index in [-0.39, 0.29) is 0 Å². The summed E-state index contributed by atoms with van der Waals surface area (Å²) in [5, 5.41) is 21.0. The summed E-state index contributed by atoms with van der Waals surface area (Å²) in [6.07, 6.45) is 61.7. The molecule has 0 amide bonds. The van der Waals surface area contributed by atoms with Gasteiger partial charge in [-0.1, -0.05) is 299 Å². The molecule has 21 nitrogen and oxygen atoms in total. The first kappa shape index (κ1) is 146. The summed E-state index contributed by atoms with van der Waals surface area (Å²) in [5.41, 5.74) is 46.0. The third-order valence-electron chi connectivity index (χ3n) is 22.2. The van der Waals surface area contributed by atoms with Gasteiger partial charge in [0.05, 0.1) is 0 Å². The van der Waals surface area contributed by atoms with E-state index in [0.29, 0.717) is 13.2 Å². The Labute approximate surface area is 800 Å². The van der Waals surface area contributed by atoms with Crippen LogP contribution in [0.4, 0.5) is 0 Å². The number of aliphatic hydroxyl groups excluding tert-OH is 1. The summed E-state index contributed by atoms with van der Waals surface area (Å²) >= 11 is 0. The molecule has 0 radical (unpaired) electrons. The van der Waals surface area contributed by atoms with E-state index in [2.05, 4.69) is 210 Å². The van der Waals surface area contributed by atoms with Crippen LogP contribution in [0.1, 0.15) is 383 Å². The number of unbranched alkanes of at least 4 members (excludes halogenated alkanes) is 29. The van der Waals surface area contributed by atoms with Crippen molar-refractivity contribution in [2.24, 2.45) is 51.8 Å². The number of hydrogen-bond acceptors (Lipinski definition) is 21. The van der Waals surface area contributed by atoms with Gasteiger partial charge in [-0.2, -0.15) is 0 Å². The monoisotopic (exact) mass is 1820 g/mol. The van der Waals surface area contributed by atoms with Crippen LogP contribution in [0.2, 0.25) is 0 Å². The van der Waals surface area contributed by atoms with Crippen molar-refractivity contribution in [1.82, 2.24) is 60.5 Å². The number of hydrogen-bond donors (Lipinski definition) is 13. The number of aliphatic hydroxyl groups is 1. The van der Waals surface area contributed by atoms with Crippen LogP contribution in [0.5, 0.6) is 0 Å². The van der Waals surface area contributed by atoms with Crippen molar-refractivity contribution in [2.45, 2.75) is 384 Å². The van der Waals surface area contributed by atoms with Gasteiger partial charge in [-0.15, -0.1) is 0 Å². The van der Waals surface area contributed by atoms with Gasteiger partial charge >= 0.3 is 0 Å². The first-order valence-electron chi connectivity index (χ1n) is 54.0. The van der Waals surface area contributed by atoms with Crippen molar-refractivity contribution in [3.05, 3.63) is 35.4 Å². The van der Waals surface area contributed by atoms with Crippen LogP contribution in [0.3, 0.4) is 0 Å². The number of nitrogens with two attached hydrogens (primary N) is 8. The lowest BCUT2D eigenvalue weighted by molar-refractivity contribution is 0.131. The molecule has 21 N–H and O–H groups in total. The fraction of sp³-hybridized carbons (Fsp3) is 0.943. The van der Waals surface area contributed by atoms with Crippen LogP contribution in [-0.4, -0.2) is 312 Å². The van der Waals surface area contributed by atoms with Gasteiger partial charge in [0.25, 0.3) is 0 Å². The summed E-state index contributed by atoms with van der Waals surface area (Å²) in [5.74, 6) is 0.778.